The van der Waals surface area contributed by atoms with Gasteiger partial charge < -0.3 is 10.4 Å². The van der Waals surface area contributed by atoms with Gasteiger partial charge in [0, 0.05) is 17.6 Å². The predicted octanol–water partition coefficient (Wildman–Crippen LogP) is 3.00. The summed E-state index contributed by atoms with van der Waals surface area (Å²) in [7, 11) is 0. The molecule has 0 spiro atoms. The van der Waals surface area contributed by atoms with Gasteiger partial charge in [-0.2, -0.15) is 0 Å². The van der Waals surface area contributed by atoms with E-state index in [2.05, 4.69) is 16.3 Å². The zero-order valence-electron chi connectivity index (χ0n) is 14.3. The van der Waals surface area contributed by atoms with Gasteiger partial charge in [-0.3, -0.25) is 9.69 Å². The van der Waals surface area contributed by atoms with Crippen molar-refractivity contribution in [2.75, 3.05) is 18.4 Å². The molecule has 4 rings (SSSR count). The molecular weight excluding hydrogens is 312 g/mol. The molecule has 0 aromatic heterocycles. The van der Waals surface area contributed by atoms with E-state index in [9.17, 15) is 9.90 Å². The number of hydrogen-bond acceptors (Lipinski definition) is 3. The van der Waals surface area contributed by atoms with Crippen LogP contribution in [0, 0.1) is 5.92 Å². The molecule has 2 aromatic rings. The molecule has 4 nitrogen and oxygen atoms in total. The molecule has 1 aliphatic carbocycles. The maximum absolute atomic E-state index is 12.5. The number of benzene rings is 2. The monoisotopic (exact) mass is 336 g/mol. The summed E-state index contributed by atoms with van der Waals surface area (Å²) < 4.78 is 0. The molecule has 4 heteroatoms. The van der Waals surface area contributed by atoms with Gasteiger partial charge in [-0.15, -0.1) is 0 Å². The lowest BCUT2D eigenvalue weighted by molar-refractivity contribution is -0.121. The van der Waals surface area contributed by atoms with Gasteiger partial charge >= 0.3 is 0 Å². The average molecular weight is 336 g/mol. The molecule has 2 aliphatic rings. The molecule has 1 amide bonds. The van der Waals surface area contributed by atoms with E-state index in [1.165, 1.54) is 5.56 Å². The molecule has 130 valence electrons. The Kier molecular flexibility index (Phi) is 4.55. The van der Waals surface area contributed by atoms with Crippen LogP contribution in [-0.2, 0) is 11.2 Å². The van der Waals surface area contributed by atoms with Gasteiger partial charge in [0.25, 0.3) is 0 Å². The van der Waals surface area contributed by atoms with Gasteiger partial charge in [0.15, 0.2) is 0 Å². The minimum atomic E-state index is -0.411. The first kappa shape index (κ1) is 16.3. The van der Waals surface area contributed by atoms with Crippen molar-refractivity contribution in [2.24, 2.45) is 5.92 Å². The molecule has 2 unspecified atom stereocenters. The van der Waals surface area contributed by atoms with E-state index in [4.69, 9.17) is 0 Å². The van der Waals surface area contributed by atoms with E-state index >= 15 is 0 Å². The third-order valence-electron chi connectivity index (χ3n) is 5.58. The summed E-state index contributed by atoms with van der Waals surface area (Å²) in [6, 6.07) is 17.9. The molecule has 0 radical (unpaired) electrons. The van der Waals surface area contributed by atoms with Crippen LogP contribution < -0.4 is 5.32 Å². The molecule has 0 saturated carbocycles. The van der Waals surface area contributed by atoms with E-state index in [1.807, 2.05) is 48.5 Å². The Balaban J connectivity index is 1.34. The Morgan fingerprint density at radius 3 is 2.40 bits per heavy atom. The summed E-state index contributed by atoms with van der Waals surface area (Å²) >= 11 is 0. The number of aliphatic hydroxyl groups excluding tert-OH is 1. The van der Waals surface area contributed by atoms with E-state index in [0.29, 0.717) is 0 Å². The molecule has 1 aliphatic heterocycles. The molecule has 0 bridgehead atoms. The fourth-order valence-corrected chi connectivity index (χ4v) is 4.14. The zero-order valence-corrected chi connectivity index (χ0v) is 14.3. The number of anilines is 1. The van der Waals surface area contributed by atoms with Crippen molar-refractivity contribution < 1.29 is 9.90 Å². The maximum Gasteiger partial charge on any atom is 0.227 e. The van der Waals surface area contributed by atoms with E-state index < -0.39 is 6.10 Å². The number of rotatable bonds is 3. The summed E-state index contributed by atoms with van der Waals surface area (Å²) in [4.78, 5) is 14.8. The van der Waals surface area contributed by atoms with Gasteiger partial charge in [-0.05, 0) is 55.6 Å². The van der Waals surface area contributed by atoms with Gasteiger partial charge in [0.05, 0.1) is 6.10 Å². The highest BCUT2D eigenvalue weighted by atomic mass is 16.3. The minimum absolute atomic E-state index is 0.0531. The van der Waals surface area contributed by atoms with Gasteiger partial charge in [-0.25, -0.2) is 0 Å². The third-order valence-corrected chi connectivity index (χ3v) is 5.58. The van der Waals surface area contributed by atoms with Crippen LogP contribution >= 0.6 is 0 Å². The number of piperidine rings is 1. The van der Waals surface area contributed by atoms with Gasteiger partial charge in [-0.1, -0.05) is 42.5 Å². The molecule has 2 atom stereocenters. The lowest BCUT2D eigenvalue weighted by Gasteiger charge is -2.36. The summed E-state index contributed by atoms with van der Waals surface area (Å²) in [6.07, 6.45) is 2.18. The van der Waals surface area contributed by atoms with Crippen molar-refractivity contribution in [3.63, 3.8) is 0 Å². The van der Waals surface area contributed by atoms with Crippen LogP contribution in [0.15, 0.2) is 54.6 Å². The first-order chi connectivity index (χ1) is 12.2. The Morgan fingerprint density at radius 1 is 1.00 bits per heavy atom. The SMILES string of the molecule is O=C(Nc1ccccc1)C1CCN(C2Cc3ccccc3C2O)CC1. The van der Waals surface area contributed by atoms with Crippen molar-refractivity contribution in [1.29, 1.82) is 0 Å². The quantitative estimate of drug-likeness (QED) is 0.906. The summed E-state index contributed by atoms with van der Waals surface area (Å²) in [5.74, 6) is 0.165. The number of nitrogens with one attached hydrogen (secondary N) is 1. The molecule has 1 heterocycles. The van der Waals surface area contributed by atoms with E-state index in [0.717, 1.165) is 43.6 Å². The van der Waals surface area contributed by atoms with E-state index in [-0.39, 0.29) is 17.9 Å². The zero-order chi connectivity index (χ0) is 17.2. The smallest absolute Gasteiger partial charge is 0.227 e. The third kappa shape index (κ3) is 3.32. The van der Waals surface area contributed by atoms with Gasteiger partial charge in [0.1, 0.15) is 0 Å². The Bertz CT molecular complexity index is 739. The second kappa shape index (κ2) is 6.98. The van der Waals surface area contributed by atoms with Crippen molar-refractivity contribution in [2.45, 2.75) is 31.4 Å². The van der Waals surface area contributed by atoms with Crippen molar-refractivity contribution in [3.8, 4) is 0 Å². The molecular formula is C21H24N2O2. The standard InChI is InChI=1S/C21H24N2O2/c24-20-18-9-5-4-6-16(18)14-19(20)23-12-10-15(11-13-23)21(25)22-17-7-2-1-3-8-17/h1-9,15,19-20,24H,10-14H2,(H,22,25). The average Bonchev–Trinajstić information content (AvgIpc) is 3.00. The molecule has 1 fully saturated rings. The normalized spacial score (nSPS) is 24.0. The molecule has 1 saturated heterocycles. The van der Waals surface area contributed by atoms with Crippen LogP contribution in [0.3, 0.4) is 0 Å². The fourth-order valence-electron chi connectivity index (χ4n) is 4.14. The number of para-hydroxylation sites is 1. The first-order valence-corrected chi connectivity index (χ1v) is 9.08. The number of carbonyl (C=O) groups is 1. The largest absolute Gasteiger partial charge is 0.387 e. The highest BCUT2D eigenvalue weighted by Gasteiger charge is 2.37. The van der Waals surface area contributed by atoms with Crippen LogP contribution in [0.5, 0.6) is 0 Å². The minimum Gasteiger partial charge on any atom is -0.387 e. The lowest BCUT2D eigenvalue weighted by Crippen LogP contribution is -2.45. The van der Waals surface area contributed by atoms with Crippen LogP contribution in [-0.4, -0.2) is 35.0 Å². The Morgan fingerprint density at radius 2 is 1.68 bits per heavy atom. The Labute approximate surface area is 148 Å². The second-order valence-electron chi connectivity index (χ2n) is 7.08. The first-order valence-electron chi connectivity index (χ1n) is 9.08. The Hall–Kier alpha value is -2.17. The lowest BCUT2D eigenvalue weighted by atomic mass is 9.94. The molecule has 2 aromatic carbocycles. The number of nitrogens with zero attached hydrogens (tertiary/aromatic N) is 1. The van der Waals surface area contributed by atoms with Crippen LogP contribution in [0.1, 0.15) is 30.1 Å². The summed E-state index contributed by atoms with van der Waals surface area (Å²) in [5.41, 5.74) is 3.18. The van der Waals surface area contributed by atoms with Gasteiger partial charge in [0.2, 0.25) is 5.91 Å². The molecule has 25 heavy (non-hydrogen) atoms. The van der Waals surface area contributed by atoms with Crippen molar-refractivity contribution in [1.82, 2.24) is 4.90 Å². The fraction of sp³-hybridized carbons (Fsp3) is 0.381. The van der Waals surface area contributed by atoms with Crippen molar-refractivity contribution >= 4 is 11.6 Å². The summed E-state index contributed by atoms with van der Waals surface area (Å²) in [6.45, 7) is 1.73. The number of carbonyl (C=O) groups excluding carboxylic acids is 1. The second-order valence-corrected chi connectivity index (χ2v) is 7.08. The van der Waals surface area contributed by atoms with E-state index in [1.54, 1.807) is 0 Å². The number of likely N-dealkylation sites (tertiary alicyclic amines) is 1. The highest BCUT2D eigenvalue weighted by Crippen LogP contribution is 2.36. The van der Waals surface area contributed by atoms with Crippen LogP contribution in [0.2, 0.25) is 0 Å². The number of fused-ring (bicyclic) bond motifs is 1. The predicted molar refractivity (Wildman–Crippen MR) is 98.3 cm³/mol. The number of aliphatic hydroxyl groups is 1. The topological polar surface area (TPSA) is 52.6 Å². The van der Waals surface area contributed by atoms with Crippen molar-refractivity contribution in [3.05, 3.63) is 65.7 Å². The molecule has 2 N–H and O–H groups in total. The number of hydrogen-bond donors (Lipinski definition) is 2. The maximum atomic E-state index is 12.5. The highest BCUT2D eigenvalue weighted by molar-refractivity contribution is 5.92. The van der Waals surface area contributed by atoms with Crippen LogP contribution in [0.25, 0.3) is 0 Å². The number of amides is 1. The summed E-state index contributed by atoms with van der Waals surface area (Å²) in [5, 5.41) is 13.7. The van der Waals surface area contributed by atoms with Crippen LogP contribution in [0.4, 0.5) is 5.69 Å².